The molecule has 2 aromatic rings. The van der Waals surface area contributed by atoms with Crippen molar-refractivity contribution in [3.8, 4) is 0 Å². The number of fused-ring (bicyclic) bond motifs is 1. The molecule has 0 fully saturated rings. The zero-order valence-electron chi connectivity index (χ0n) is 16.6. The predicted octanol–water partition coefficient (Wildman–Crippen LogP) is 5.07. The van der Waals surface area contributed by atoms with Gasteiger partial charge < -0.3 is 20.3 Å². The Hall–Kier alpha value is -2.12. The number of hydrogen-bond acceptors (Lipinski definition) is 5. The highest BCUT2D eigenvalue weighted by Gasteiger charge is 2.26. The first-order valence-electron chi connectivity index (χ1n) is 9.73. The average molecular weight is 418 g/mol. The fraction of sp³-hybridized carbons (Fsp3) is 0.429. The monoisotopic (exact) mass is 417 g/mol. The summed E-state index contributed by atoms with van der Waals surface area (Å²) in [7, 11) is 1.42. The van der Waals surface area contributed by atoms with E-state index in [-0.39, 0.29) is 5.97 Å². The molecule has 0 aliphatic heterocycles. The number of thiophene rings is 1. The van der Waals surface area contributed by atoms with E-state index in [1.54, 1.807) is 11.3 Å². The summed E-state index contributed by atoms with van der Waals surface area (Å²) in [6, 6.07) is 8.20. The molecule has 1 aromatic carbocycles. The maximum atomic E-state index is 12.3. The van der Waals surface area contributed by atoms with Crippen molar-refractivity contribution < 1.29 is 9.53 Å². The number of nitrogens with one attached hydrogen (secondary N) is 2. The summed E-state index contributed by atoms with van der Waals surface area (Å²) >= 11 is 7.10. The molecule has 1 aliphatic rings. The van der Waals surface area contributed by atoms with Crippen molar-refractivity contribution in [2.24, 2.45) is 0 Å². The predicted molar refractivity (Wildman–Crippen MR) is 122 cm³/mol. The van der Waals surface area contributed by atoms with Gasteiger partial charge in [0.25, 0.3) is 0 Å². The molecule has 1 aromatic heterocycles. The fourth-order valence-corrected chi connectivity index (χ4v) is 5.15. The number of aryl methyl sites for hydroxylation is 1. The minimum absolute atomic E-state index is 0.298. The summed E-state index contributed by atoms with van der Waals surface area (Å²) in [5, 5.41) is 7.68. The second kappa shape index (κ2) is 9.39. The third-order valence-electron chi connectivity index (χ3n) is 5.04. The molecule has 1 heterocycles. The number of hydrogen-bond donors (Lipinski definition) is 2. The van der Waals surface area contributed by atoms with E-state index in [9.17, 15) is 4.79 Å². The number of ether oxygens (including phenoxy) is 1. The van der Waals surface area contributed by atoms with Gasteiger partial charge in [-0.1, -0.05) is 0 Å². The highest BCUT2D eigenvalue weighted by molar-refractivity contribution is 7.80. The SMILES string of the molecule is CCN(CC)c1ccc(NC(=S)Nc2sc3c(c2C(=O)OC)CCCC3)cc1. The molecule has 5 nitrogen and oxygen atoms in total. The lowest BCUT2D eigenvalue weighted by molar-refractivity contribution is 0.0601. The lowest BCUT2D eigenvalue weighted by atomic mass is 9.95. The summed E-state index contributed by atoms with van der Waals surface area (Å²) < 4.78 is 5.02. The van der Waals surface area contributed by atoms with E-state index in [2.05, 4.69) is 41.5 Å². The first-order chi connectivity index (χ1) is 13.6. The Morgan fingerprint density at radius 2 is 1.82 bits per heavy atom. The van der Waals surface area contributed by atoms with Crippen molar-refractivity contribution in [2.75, 3.05) is 35.7 Å². The van der Waals surface area contributed by atoms with Gasteiger partial charge in [0.15, 0.2) is 5.11 Å². The van der Waals surface area contributed by atoms with Crippen molar-refractivity contribution in [1.82, 2.24) is 0 Å². The lowest BCUT2D eigenvalue weighted by Crippen LogP contribution is -2.22. The molecule has 0 saturated carbocycles. The van der Waals surface area contributed by atoms with Crippen LogP contribution in [0.3, 0.4) is 0 Å². The Balaban J connectivity index is 1.73. The van der Waals surface area contributed by atoms with E-state index in [1.165, 1.54) is 17.7 Å². The van der Waals surface area contributed by atoms with Gasteiger partial charge in [-0.05, 0) is 81.6 Å². The maximum absolute atomic E-state index is 12.3. The topological polar surface area (TPSA) is 53.6 Å². The highest BCUT2D eigenvalue weighted by Crippen LogP contribution is 2.38. The zero-order chi connectivity index (χ0) is 20.1. The standard InChI is InChI=1S/C21H27N3O2S2/c1-4-24(5-2)15-12-10-14(11-13-15)22-21(27)23-19-18(20(25)26-3)16-8-6-7-9-17(16)28-19/h10-13H,4-9H2,1-3H3,(H2,22,23,27). The number of rotatable bonds is 6. The van der Waals surface area contributed by atoms with Crippen LogP contribution in [0.25, 0.3) is 0 Å². The van der Waals surface area contributed by atoms with Crippen LogP contribution < -0.4 is 15.5 Å². The van der Waals surface area contributed by atoms with Crippen molar-refractivity contribution in [3.05, 3.63) is 40.3 Å². The Kier molecular flexibility index (Phi) is 6.91. The summed E-state index contributed by atoms with van der Waals surface area (Å²) in [6.45, 7) is 6.24. The minimum atomic E-state index is -0.298. The van der Waals surface area contributed by atoms with Crippen LogP contribution in [0.15, 0.2) is 24.3 Å². The van der Waals surface area contributed by atoms with E-state index in [0.29, 0.717) is 10.7 Å². The molecule has 0 unspecified atom stereocenters. The molecule has 1 aliphatic carbocycles. The van der Waals surface area contributed by atoms with Crippen LogP contribution in [0.5, 0.6) is 0 Å². The molecule has 0 saturated heterocycles. The van der Waals surface area contributed by atoms with Gasteiger partial charge >= 0.3 is 5.97 Å². The van der Waals surface area contributed by atoms with Crippen LogP contribution in [0.4, 0.5) is 16.4 Å². The Bertz CT molecular complexity index is 842. The van der Waals surface area contributed by atoms with Gasteiger partial charge in [-0.2, -0.15) is 0 Å². The van der Waals surface area contributed by atoms with Crippen LogP contribution in [0.1, 0.15) is 47.5 Å². The molecule has 0 atom stereocenters. The number of benzene rings is 1. The summed E-state index contributed by atoms with van der Waals surface area (Å²) in [4.78, 5) is 15.9. The third kappa shape index (κ3) is 4.47. The number of esters is 1. The van der Waals surface area contributed by atoms with E-state index >= 15 is 0 Å². The van der Waals surface area contributed by atoms with Crippen molar-refractivity contribution in [3.63, 3.8) is 0 Å². The first kappa shape index (κ1) is 20.6. The van der Waals surface area contributed by atoms with Crippen molar-refractivity contribution in [1.29, 1.82) is 0 Å². The van der Waals surface area contributed by atoms with Crippen LogP contribution in [0, 0.1) is 0 Å². The van der Waals surface area contributed by atoms with E-state index in [0.717, 1.165) is 55.0 Å². The highest BCUT2D eigenvalue weighted by atomic mass is 32.1. The Morgan fingerprint density at radius 1 is 1.14 bits per heavy atom. The fourth-order valence-electron chi connectivity index (χ4n) is 3.58. The number of carbonyl (C=O) groups is 1. The van der Waals surface area contributed by atoms with Crippen LogP contribution in [-0.2, 0) is 17.6 Å². The smallest absolute Gasteiger partial charge is 0.341 e. The average Bonchev–Trinajstić information content (AvgIpc) is 3.07. The number of anilines is 3. The summed E-state index contributed by atoms with van der Waals surface area (Å²) in [5.74, 6) is -0.298. The summed E-state index contributed by atoms with van der Waals surface area (Å²) in [6.07, 6.45) is 4.20. The summed E-state index contributed by atoms with van der Waals surface area (Å²) in [5.41, 5.74) is 3.86. The molecule has 0 radical (unpaired) electrons. The van der Waals surface area contributed by atoms with E-state index < -0.39 is 0 Å². The van der Waals surface area contributed by atoms with Crippen LogP contribution in [-0.4, -0.2) is 31.3 Å². The quantitative estimate of drug-likeness (QED) is 0.506. The maximum Gasteiger partial charge on any atom is 0.341 e. The molecular formula is C21H27N3O2S2. The molecule has 0 bridgehead atoms. The Morgan fingerprint density at radius 3 is 2.46 bits per heavy atom. The zero-order valence-corrected chi connectivity index (χ0v) is 18.3. The normalized spacial score (nSPS) is 12.8. The molecule has 0 spiro atoms. The second-order valence-electron chi connectivity index (χ2n) is 6.70. The minimum Gasteiger partial charge on any atom is -0.465 e. The van der Waals surface area contributed by atoms with Gasteiger partial charge in [0.2, 0.25) is 0 Å². The number of nitrogens with zero attached hydrogens (tertiary/aromatic N) is 1. The molecular weight excluding hydrogens is 390 g/mol. The Labute approximate surface area is 176 Å². The second-order valence-corrected chi connectivity index (χ2v) is 8.22. The van der Waals surface area contributed by atoms with Gasteiger partial charge in [0, 0.05) is 29.3 Å². The number of thiocarbonyl (C=S) groups is 1. The van der Waals surface area contributed by atoms with Gasteiger partial charge in [0.1, 0.15) is 5.00 Å². The molecule has 7 heteroatoms. The van der Waals surface area contributed by atoms with E-state index in [1.807, 2.05) is 12.1 Å². The van der Waals surface area contributed by atoms with Crippen LogP contribution >= 0.6 is 23.6 Å². The van der Waals surface area contributed by atoms with Gasteiger partial charge in [0.05, 0.1) is 12.7 Å². The molecule has 150 valence electrons. The van der Waals surface area contributed by atoms with Gasteiger partial charge in [-0.3, -0.25) is 0 Å². The van der Waals surface area contributed by atoms with Crippen molar-refractivity contribution >= 4 is 51.0 Å². The lowest BCUT2D eigenvalue weighted by Gasteiger charge is -2.21. The van der Waals surface area contributed by atoms with Gasteiger partial charge in [-0.15, -0.1) is 11.3 Å². The third-order valence-corrected chi connectivity index (χ3v) is 6.45. The molecule has 2 N–H and O–H groups in total. The molecule has 3 rings (SSSR count). The van der Waals surface area contributed by atoms with Crippen LogP contribution in [0.2, 0.25) is 0 Å². The first-order valence-corrected chi connectivity index (χ1v) is 11.0. The molecule has 0 amide bonds. The number of methoxy groups -OCH3 is 1. The van der Waals surface area contributed by atoms with Gasteiger partial charge in [-0.25, -0.2) is 4.79 Å². The van der Waals surface area contributed by atoms with E-state index in [4.69, 9.17) is 17.0 Å². The number of carbonyl (C=O) groups excluding carboxylic acids is 1. The largest absolute Gasteiger partial charge is 0.465 e. The molecule has 28 heavy (non-hydrogen) atoms. The van der Waals surface area contributed by atoms with Crippen molar-refractivity contribution in [2.45, 2.75) is 39.5 Å².